The third-order valence-electron chi connectivity index (χ3n) is 4.24. The summed E-state index contributed by atoms with van der Waals surface area (Å²) in [6.07, 6.45) is 3.05. The number of hydrogen-bond donors (Lipinski definition) is 1. The summed E-state index contributed by atoms with van der Waals surface area (Å²) in [5.41, 5.74) is 0.694. The summed E-state index contributed by atoms with van der Waals surface area (Å²) < 4.78 is 11.7. The van der Waals surface area contributed by atoms with Gasteiger partial charge in [-0.25, -0.2) is 4.79 Å². The number of urea groups is 1. The molecule has 3 rings (SSSR count). The molecule has 0 spiro atoms. The summed E-state index contributed by atoms with van der Waals surface area (Å²) in [6.45, 7) is 1.54. The number of carbonyl (C=O) groups excluding carboxylic acids is 3. The third-order valence-corrected chi connectivity index (χ3v) is 4.24. The van der Waals surface area contributed by atoms with Crippen molar-refractivity contribution in [2.45, 2.75) is 13.5 Å². The van der Waals surface area contributed by atoms with E-state index in [9.17, 15) is 14.4 Å². The number of carbonyl (C=O) groups is 3. The summed E-state index contributed by atoms with van der Waals surface area (Å²) in [5.74, 6) is -0.576. The van der Waals surface area contributed by atoms with Gasteiger partial charge in [-0.05, 0) is 19.1 Å². The van der Waals surface area contributed by atoms with E-state index >= 15 is 0 Å². The fourth-order valence-electron chi connectivity index (χ4n) is 2.90. The molecule has 0 aliphatic carbocycles. The molecule has 9 nitrogen and oxygen atoms in total. The van der Waals surface area contributed by atoms with Crippen molar-refractivity contribution in [2.75, 3.05) is 20.7 Å². The molecule has 0 bridgehead atoms. The predicted octanol–water partition coefficient (Wildman–Crippen LogP) is 0.520. The smallest absolute Gasteiger partial charge is 0.446 e. The van der Waals surface area contributed by atoms with Crippen LogP contribution in [0.5, 0.6) is 0 Å². The zero-order chi connectivity index (χ0) is 18.8. The van der Waals surface area contributed by atoms with Gasteiger partial charge in [-0.3, -0.25) is 9.59 Å². The second-order valence-corrected chi connectivity index (χ2v) is 5.92. The van der Waals surface area contributed by atoms with E-state index in [2.05, 4.69) is 10.3 Å². The third kappa shape index (κ3) is 3.03. The molecule has 1 N–H and O–H groups in total. The zero-order valence-corrected chi connectivity index (χ0v) is 14.7. The van der Waals surface area contributed by atoms with Crippen molar-refractivity contribution < 1.29 is 28.1 Å². The SMILES string of the molecule is COC1=C(C)C=NC2=[N+](C)C(=O)N(CC(=O)NCc3ccco3)C(=O)C12. The highest BCUT2D eigenvalue weighted by Crippen LogP contribution is 2.27. The van der Waals surface area contributed by atoms with Gasteiger partial charge in [0.15, 0.2) is 12.5 Å². The van der Waals surface area contributed by atoms with Gasteiger partial charge < -0.3 is 14.5 Å². The molecule has 136 valence electrons. The van der Waals surface area contributed by atoms with Crippen LogP contribution in [0.1, 0.15) is 12.7 Å². The van der Waals surface area contributed by atoms with Gasteiger partial charge >= 0.3 is 11.9 Å². The van der Waals surface area contributed by atoms with E-state index in [1.807, 2.05) is 0 Å². The van der Waals surface area contributed by atoms with Crippen molar-refractivity contribution >= 4 is 29.9 Å². The van der Waals surface area contributed by atoms with Crippen molar-refractivity contribution in [3.05, 3.63) is 35.5 Å². The van der Waals surface area contributed by atoms with Gasteiger partial charge in [0.05, 0.1) is 27.0 Å². The quantitative estimate of drug-likeness (QED) is 0.772. The summed E-state index contributed by atoms with van der Waals surface area (Å²) in [7, 11) is 2.97. The average molecular weight is 359 g/mol. The standard InChI is InChI=1S/C17H18N4O5/c1-10-7-19-15-13(14(10)25-3)16(23)21(17(24)20(15)2)9-12(22)18-8-11-5-4-6-26-11/h4-7,13H,8-9H2,1-3H3/p+1. The lowest BCUT2D eigenvalue weighted by molar-refractivity contribution is -0.408. The number of nitrogens with one attached hydrogen (secondary N) is 1. The van der Waals surface area contributed by atoms with Gasteiger partial charge in [0, 0.05) is 5.57 Å². The van der Waals surface area contributed by atoms with Gasteiger partial charge in [0.25, 0.3) is 11.7 Å². The number of aliphatic imine (C=N–C) groups is 1. The van der Waals surface area contributed by atoms with Gasteiger partial charge in [-0.2, -0.15) is 9.48 Å². The number of nitrogens with zero attached hydrogens (tertiary/aromatic N) is 3. The van der Waals surface area contributed by atoms with Crippen molar-refractivity contribution in [1.29, 1.82) is 0 Å². The van der Waals surface area contributed by atoms with Gasteiger partial charge in [0.1, 0.15) is 17.7 Å². The number of furan rings is 1. The highest BCUT2D eigenvalue weighted by atomic mass is 16.5. The maximum Gasteiger partial charge on any atom is 0.446 e. The first-order chi connectivity index (χ1) is 12.4. The lowest BCUT2D eigenvalue weighted by atomic mass is 9.96. The van der Waals surface area contributed by atoms with Crippen LogP contribution in [0.25, 0.3) is 0 Å². The largest absolute Gasteiger partial charge is 0.499 e. The Morgan fingerprint density at radius 3 is 2.88 bits per heavy atom. The first-order valence-electron chi connectivity index (χ1n) is 7.97. The van der Waals surface area contributed by atoms with Crippen LogP contribution >= 0.6 is 0 Å². The molecule has 4 amide bonds. The number of allylic oxidation sites excluding steroid dienone is 1. The van der Waals surface area contributed by atoms with Crippen LogP contribution in [-0.4, -0.2) is 60.1 Å². The number of methoxy groups -OCH3 is 1. The van der Waals surface area contributed by atoms with Crippen LogP contribution in [0.4, 0.5) is 4.79 Å². The van der Waals surface area contributed by atoms with E-state index < -0.39 is 30.3 Å². The minimum absolute atomic E-state index is 0.172. The maximum absolute atomic E-state index is 12.9. The average Bonchev–Trinajstić information content (AvgIpc) is 3.15. The van der Waals surface area contributed by atoms with Gasteiger partial charge in [-0.1, -0.05) is 0 Å². The van der Waals surface area contributed by atoms with Crippen molar-refractivity contribution in [1.82, 2.24) is 10.2 Å². The van der Waals surface area contributed by atoms with E-state index in [4.69, 9.17) is 9.15 Å². The Kier molecular flexibility index (Phi) is 4.70. The maximum atomic E-state index is 12.9. The Labute approximate surface area is 149 Å². The van der Waals surface area contributed by atoms with Gasteiger partial charge in [0.2, 0.25) is 0 Å². The van der Waals surface area contributed by atoms with Crippen LogP contribution in [0, 0.1) is 5.92 Å². The number of amidine groups is 1. The van der Waals surface area contributed by atoms with Crippen LogP contribution in [-0.2, 0) is 20.9 Å². The molecule has 3 heterocycles. The van der Waals surface area contributed by atoms with E-state index in [-0.39, 0.29) is 12.4 Å². The molecule has 1 atom stereocenters. The first-order valence-corrected chi connectivity index (χ1v) is 7.97. The number of hydrogen-bond acceptors (Lipinski definition) is 6. The Balaban J connectivity index is 1.79. The second-order valence-electron chi connectivity index (χ2n) is 5.92. The number of dihydropyridines is 1. The number of rotatable bonds is 5. The molecule has 9 heteroatoms. The molecule has 0 fully saturated rings. The topological polar surface area (TPSA) is 104 Å². The molecule has 2 aliphatic rings. The van der Waals surface area contributed by atoms with E-state index in [0.717, 1.165) is 4.90 Å². The molecule has 2 aliphatic heterocycles. The van der Waals surface area contributed by atoms with Crippen LogP contribution in [0.2, 0.25) is 0 Å². The molecular formula is C17H19N4O5+. The molecule has 26 heavy (non-hydrogen) atoms. The van der Waals surface area contributed by atoms with E-state index in [1.54, 1.807) is 25.3 Å². The van der Waals surface area contributed by atoms with Crippen LogP contribution in [0.15, 0.2) is 39.1 Å². The van der Waals surface area contributed by atoms with Crippen molar-refractivity contribution in [3.63, 3.8) is 0 Å². The lowest BCUT2D eigenvalue weighted by Gasteiger charge is -2.28. The fraction of sp³-hybridized carbons (Fsp3) is 0.353. The van der Waals surface area contributed by atoms with E-state index in [1.165, 1.54) is 25.0 Å². The van der Waals surface area contributed by atoms with Gasteiger partial charge in [-0.15, -0.1) is 4.99 Å². The number of amides is 4. The lowest BCUT2D eigenvalue weighted by Crippen LogP contribution is -2.57. The first kappa shape index (κ1) is 17.6. The molecular weight excluding hydrogens is 340 g/mol. The summed E-state index contributed by atoms with van der Waals surface area (Å²) in [6, 6.07) is 2.81. The second kappa shape index (κ2) is 6.95. The minimum atomic E-state index is -0.842. The molecule has 1 aromatic rings. The highest BCUT2D eigenvalue weighted by molar-refractivity contribution is 6.16. The molecule has 0 saturated heterocycles. The summed E-state index contributed by atoms with van der Waals surface area (Å²) in [5, 5.41) is 2.62. The Morgan fingerprint density at radius 2 is 2.23 bits per heavy atom. The predicted molar refractivity (Wildman–Crippen MR) is 90.5 cm³/mol. The van der Waals surface area contributed by atoms with Crippen molar-refractivity contribution in [2.24, 2.45) is 10.9 Å². The number of fused-ring (bicyclic) bond motifs is 1. The number of imide groups is 1. The number of ether oxygens (including phenoxy) is 1. The Hall–Kier alpha value is -3.23. The minimum Gasteiger partial charge on any atom is -0.499 e. The zero-order valence-electron chi connectivity index (χ0n) is 14.7. The fourth-order valence-corrected chi connectivity index (χ4v) is 2.90. The van der Waals surface area contributed by atoms with E-state index in [0.29, 0.717) is 17.1 Å². The molecule has 0 aromatic carbocycles. The Bertz CT molecular complexity index is 851. The normalized spacial score (nSPS) is 19.8. The molecule has 0 radical (unpaired) electrons. The van der Waals surface area contributed by atoms with Crippen molar-refractivity contribution in [3.8, 4) is 0 Å². The summed E-state index contributed by atoms with van der Waals surface area (Å²) in [4.78, 5) is 42.7. The highest BCUT2D eigenvalue weighted by Gasteiger charge is 2.50. The monoisotopic (exact) mass is 359 g/mol. The Morgan fingerprint density at radius 1 is 1.46 bits per heavy atom. The molecule has 1 aromatic heterocycles. The summed E-state index contributed by atoms with van der Waals surface area (Å²) >= 11 is 0. The molecule has 0 saturated carbocycles. The molecule has 1 unspecified atom stereocenters. The van der Waals surface area contributed by atoms with Crippen LogP contribution in [0.3, 0.4) is 0 Å². The van der Waals surface area contributed by atoms with Crippen LogP contribution < -0.4 is 5.32 Å².